The average molecular weight is 286 g/mol. The smallest absolute Gasteiger partial charge is 0.283 e. The van der Waals surface area contributed by atoms with Gasteiger partial charge in [-0.25, -0.2) is 8.78 Å². The minimum atomic E-state index is -2.86. The molecule has 0 unspecified atom stereocenters. The predicted molar refractivity (Wildman–Crippen MR) is 56.1 cm³/mol. The molecule has 1 rings (SSSR count). The van der Waals surface area contributed by atoms with Crippen LogP contribution in [0, 0.1) is 0 Å². The number of thiophene rings is 1. The summed E-state index contributed by atoms with van der Waals surface area (Å²) in [4.78, 5) is -0.0216. The summed E-state index contributed by atoms with van der Waals surface area (Å²) in [6, 6.07) is 1.37. The summed E-state index contributed by atoms with van der Waals surface area (Å²) < 4.78 is 32.1. The molecule has 2 N–H and O–H groups in total. The molecule has 0 amide bonds. The standard InChI is InChI=1S/C8H10BrF2NOS/c1-13-7-5(9)4-6(14-7)8(10,11)2-3-12/h4H,2-3,12H2,1H3. The number of halogens is 3. The van der Waals surface area contributed by atoms with E-state index in [0.29, 0.717) is 9.54 Å². The first-order valence-corrected chi connectivity index (χ1v) is 5.54. The Morgan fingerprint density at radius 2 is 2.29 bits per heavy atom. The molecule has 0 bridgehead atoms. The van der Waals surface area contributed by atoms with Gasteiger partial charge in [0.1, 0.15) is 0 Å². The first-order valence-electron chi connectivity index (χ1n) is 3.93. The number of hydrogen-bond donors (Lipinski definition) is 1. The first-order chi connectivity index (χ1) is 6.51. The van der Waals surface area contributed by atoms with Crippen LogP contribution < -0.4 is 10.5 Å². The van der Waals surface area contributed by atoms with E-state index in [9.17, 15) is 8.78 Å². The van der Waals surface area contributed by atoms with Crippen LogP contribution in [-0.4, -0.2) is 13.7 Å². The lowest BCUT2D eigenvalue weighted by atomic mass is 10.2. The van der Waals surface area contributed by atoms with Gasteiger partial charge in [0.25, 0.3) is 5.92 Å². The Labute approximate surface area is 93.2 Å². The fourth-order valence-electron chi connectivity index (χ4n) is 0.976. The Hall–Kier alpha value is -0.200. The number of ether oxygens (including phenoxy) is 1. The molecule has 1 heterocycles. The zero-order valence-corrected chi connectivity index (χ0v) is 9.92. The maximum Gasteiger partial charge on any atom is 0.283 e. The van der Waals surface area contributed by atoms with E-state index in [1.807, 2.05) is 0 Å². The molecule has 14 heavy (non-hydrogen) atoms. The van der Waals surface area contributed by atoms with Gasteiger partial charge in [-0.2, -0.15) is 0 Å². The van der Waals surface area contributed by atoms with Gasteiger partial charge in [0.15, 0.2) is 5.06 Å². The summed E-state index contributed by atoms with van der Waals surface area (Å²) in [5, 5.41) is 0.455. The van der Waals surface area contributed by atoms with Crippen LogP contribution in [-0.2, 0) is 5.92 Å². The Bertz CT molecular complexity index is 316. The quantitative estimate of drug-likeness (QED) is 0.923. The van der Waals surface area contributed by atoms with E-state index in [-0.39, 0.29) is 17.8 Å². The third-order valence-electron chi connectivity index (χ3n) is 1.66. The van der Waals surface area contributed by atoms with Crippen LogP contribution in [0.25, 0.3) is 0 Å². The van der Waals surface area contributed by atoms with Crippen LogP contribution in [0.3, 0.4) is 0 Å². The lowest BCUT2D eigenvalue weighted by molar-refractivity contribution is -0.00686. The van der Waals surface area contributed by atoms with Gasteiger partial charge >= 0.3 is 0 Å². The van der Waals surface area contributed by atoms with Crippen LogP contribution in [0.5, 0.6) is 5.06 Å². The second-order valence-corrected chi connectivity index (χ2v) is 4.56. The van der Waals surface area contributed by atoms with Gasteiger partial charge in [-0.05, 0) is 28.5 Å². The fourth-order valence-corrected chi connectivity index (χ4v) is 2.63. The lowest BCUT2D eigenvalue weighted by Crippen LogP contribution is -2.17. The maximum atomic E-state index is 13.3. The van der Waals surface area contributed by atoms with E-state index >= 15 is 0 Å². The van der Waals surface area contributed by atoms with Crippen molar-refractivity contribution in [3.05, 3.63) is 15.4 Å². The molecule has 0 aliphatic carbocycles. The van der Waals surface area contributed by atoms with Crippen LogP contribution in [0.15, 0.2) is 10.5 Å². The highest BCUT2D eigenvalue weighted by Gasteiger charge is 2.33. The van der Waals surface area contributed by atoms with Crippen LogP contribution in [0.1, 0.15) is 11.3 Å². The summed E-state index contributed by atoms with van der Waals surface area (Å²) in [6.07, 6.45) is -0.344. The van der Waals surface area contributed by atoms with Crippen LogP contribution >= 0.6 is 27.3 Å². The minimum absolute atomic E-state index is 0.0216. The number of alkyl halides is 2. The van der Waals surface area contributed by atoms with Crippen molar-refractivity contribution in [2.75, 3.05) is 13.7 Å². The summed E-state index contributed by atoms with van der Waals surface area (Å²) in [7, 11) is 1.45. The van der Waals surface area contributed by atoms with Crippen molar-refractivity contribution < 1.29 is 13.5 Å². The molecule has 80 valence electrons. The molecule has 0 saturated heterocycles. The van der Waals surface area contributed by atoms with Crippen LogP contribution in [0.4, 0.5) is 8.78 Å². The summed E-state index contributed by atoms with van der Waals surface area (Å²) in [5.74, 6) is -2.86. The third kappa shape index (κ3) is 2.43. The van der Waals surface area contributed by atoms with Gasteiger partial charge in [0.05, 0.1) is 16.5 Å². The van der Waals surface area contributed by atoms with Gasteiger partial charge in [-0.3, -0.25) is 0 Å². The van der Waals surface area contributed by atoms with Crippen molar-refractivity contribution in [3.8, 4) is 5.06 Å². The normalized spacial score (nSPS) is 11.8. The van der Waals surface area contributed by atoms with E-state index in [2.05, 4.69) is 15.9 Å². The molecule has 1 aromatic rings. The Balaban J connectivity index is 2.95. The summed E-state index contributed by atoms with van der Waals surface area (Å²) in [6.45, 7) is -0.0369. The highest BCUT2D eigenvalue weighted by Crippen LogP contribution is 2.43. The number of methoxy groups -OCH3 is 1. The molecule has 0 radical (unpaired) electrons. The third-order valence-corrected chi connectivity index (χ3v) is 3.72. The average Bonchev–Trinajstić information content (AvgIpc) is 2.47. The summed E-state index contributed by atoms with van der Waals surface area (Å²) in [5.41, 5.74) is 5.11. The van der Waals surface area contributed by atoms with E-state index in [0.717, 1.165) is 11.3 Å². The Morgan fingerprint density at radius 3 is 2.71 bits per heavy atom. The highest BCUT2D eigenvalue weighted by atomic mass is 79.9. The number of rotatable bonds is 4. The number of nitrogens with two attached hydrogens (primary N) is 1. The molecular weight excluding hydrogens is 276 g/mol. The molecule has 0 aromatic carbocycles. The van der Waals surface area contributed by atoms with Crippen molar-refractivity contribution in [1.29, 1.82) is 0 Å². The molecule has 0 fully saturated rings. The van der Waals surface area contributed by atoms with Gasteiger partial charge in [-0.15, -0.1) is 0 Å². The van der Waals surface area contributed by atoms with Crippen molar-refractivity contribution in [2.45, 2.75) is 12.3 Å². The SMILES string of the molecule is COc1sc(C(F)(F)CCN)cc1Br. The van der Waals surface area contributed by atoms with Crippen LogP contribution in [0.2, 0.25) is 0 Å². The van der Waals surface area contributed by atoms with E-state index in [1.165, 1.54) is 13.2 Å². The molecular formula is C8H10BrF2NOS. The molecule has 2 nitrogen and oxygen atoms in total. The molecule has 0 spiro atoms. The van der Waals surface area contributed by atoms with Crippen molar-refractivity contribution in [3.63, 3.8) is 0 Å². The first kappa shape index (κ1) is 11.9. The lowest BCUT2D eigenvalue weighted by Gasteiger charge is -2.12. The van der Waals surface area contributed by atoms with Crippen molar-refractivity contribution in [2.24, 2.45) is 5.73 Å². The molecule has 0 saturated carbocycles. The zero-order chi connectivity index (χ0) is 10.8. The van der Waals surface area contributed by atoms with Gasteiger partial charge in [0, 0.05) is 6.42 Å². The van der Waals surface area contributed by atoms with Gasteiger partial charge < -0.3 is 10.5 Å². The molecule has 6 heteroatoms. The number of hydrogen-bond acceptors (Lipinski definition) is 3. The molecule has 0 atom stereocenters. The maximum absolute atomic E-state index is 13.3. The Morgan fingerprint density at radius 1 is 1.64 bits per heavy atom. The molecule has 0 aliphatic rings. The van der Waals surface area contributed by atoms with Gasteiger partial charge in [-0.1, -0.05) is 11.3 Å². The van der Waals surface area contributed by atoms with Crippen molar-refractivity contribution in [1.82, 2.24) is 0 Å². The fraction of sp³-hybridized carbons (Fsp3) is 0.500. The second kappa shape index (κ2) is 4.55. The highest BCUT2D eigenvalue weighted by molar-refractivity contribution is 9.10. The minimum Gasteiger partial charge on any atom is -0.486 e. The zero-order valence-electron chi connectivity index (χ0n) is 7.52. The topological polar surface area (TPSA) is 35.2 Å². The monoisotopic (exact) mass is 285 g/mol. The van der Waals surface area contributed by atoms with Crippen molar-refractivity contribution >= 4 is 27.3 Å². The molecule has 1 aromatic heterocycles. The molecule has 0 aliphatic heterocycles. The summed E-state index contributed by atoms with van der Waals surface area (Å²) >= 11 is 4.07. The largest absolute Gasteiger partial charge is 0.486 e. The Kier molecular flexibility index (Phi) is 3.86. The van der Waals surface area contributed by atoms with E-state index in [1.54, 1.807) is 0 Å². The van der Waals surface area contributed by atoms with E-state index < -0.39 is 5.92 Å². The predicted octanol–water partition coefficient (Wildman–Crippen LogP) is 2.96. The van der Waals surface area contributed by atoms with E-state index in [4.69, 9.17) is 10.5 Å². The van der Waals surface area contributed by atoms with Gasteiger partial charge in [0.2, 0.25) is 0 Å². The second-order valence-electron chi connectivity index (χ2n) is 2.69.